The van der Waals surface area contributed by atoms with E-state index in [-0.39, 0.29) is 22.2 Å². The first-order valence-electron chi connectivity index (χ1n) is 6.88. The molecule has 2 aromatic rings. The van der Waals surface area contributed by atoms with Gasteiger partial charge in [-0.2, -0.15) is 4.98 Å². The Balaban J connectivity index is 2.33. The van der Waals surface area contributed by atoms with Gasteiger partial charge >= 0.3 is 11.9 Å². The molecule has 1 aromatic carbocycles. The lowest BCUT2D eigenvalue weighted by Gasteiger charge is -2.12. The van der Waals surface area contributed by atoms with Gasteiger partial charge in [0.25, 0.3) is 10.9 Å². The maximum atomic E-state index is 12.5. The van der Waals surface area contributed by atoms with Crippen LogP contribution in [0.4, 0.5) is 5.13 Å². The fourth-order valence-corrected chi connectivity index (χ4v) is 3.32. The quantitative estimate of drug-likeness (QED) is 0.477. The molecule has 1 aromatic heterocycles. The fraction of sp³-hybridized carbons (Fsp3) is 0.200. The highest BCUT2D eigenvalue weighted by Gasteiger charge is 2.21. The normalized spacial score (nSPS) is 11.5. The minimum Gasteiger partial charge on any atom is -0.610 e. The molecule has 1 N–H and O–H groups in total. The van der Waals surface area contributed by atoms with E-state index in [1.165, 1.54) is 31.4 Å². The summed E-state index contributed by atoms with van der Waals surface area (Å²) in [5.41, 5.74) is -0.0108. The Morgan fingerprint density at radius 3 is 2.44 bits per heavy atom. The SMILES string of the molecule is CC(=O)Oc1cccc(C(=O)Nc2nc([S+](C)[O-])cs2)c1OC(C)=O. The molecule has 0 spiro atoms. The van der Waals surface area contributed by atoms with Gasteiger partial charge < -0.3 is 14.0 Å². The molecule has 0 bridgehead atoms. The van der Waals surface area contributed by atoms with Gasteiger partial charge in [-0.3, -0.25) is 19.7 Å². The van der Waals surface area contributed by atoms with Crippen molar-refractivity contribution in [3.8, 4) is 11.5 Å². The predicted molar refractivity (Wildman–Crippen MR) is 91.5 cm³/mol. The first kappa shape index (κ1) is 18.9. The number of carbonyl (C=O) groups is 3. The van der Waals surface area contributed by atoms with Gasteiger partial charge in [-0.25, -0.2) is 0 Å². The number of anilines is 1. The molecule has 2 rings (SSSR count). The molecule has 0 aliphatic rings. The van der Waals surface area contributed by atoms with Gasteiger partial charge in [-0.05, 0) is 12.1 Å². The van der Waals surface area contributed by atoms with E-state index in [0.717, 1.165) is 18.3 Å². The van der Waals surface area contributed by atoms with Crippen LogP contribution in [0.25, 0.3) is 0 Å². The van der Waals surface area contributed by atoms with Crippen LogP contribution in [-0.4, -0.2) is 33.6 Å². The maximum absolute atomic E-state index is 12.5. The van der Waals surface area contributed by atoms with Crippen molar-refractivity contribution in [2.24, 2.45) is 0 Å². The number of hydrogen-bond acceptors (Lipinski definition) is 8. The van der Waals surface area contributed by atoms with Gasteiger partial charge in [0, 0.05) is 25.0 Å². The molecule has 132 valence electrons. The van der Waals surface area contributed by atoms with E-state index >= 15 is 0 Å². The third-order valence-electron chi connectivity index (χ3n) is 2.72. The number of thiazole rings is 1. The number of benzene rings is 1. The molecule has 1 atom stereocenters. The zero-order valence-electron chi connectivity index (χ0n) is 13.5. The molecule has 0 radical (unpaired) electrons. The number of esters is 2. The summed E-state index contributed by atoms with van der Waals surface area (Å²) in [7, 11) is 0. The molecule has 1 heterocycles. The van der Waals surface area contributed by atoms with Crippen LogP contribution in [-0.2, 0) is 20.8 Å². The van der Waals surface area contributed by atoms with Gasteiger partial charge in [0.1, 0.15) is 6.26 Å². The van der Waals surface area contributed by atoms with Crippen LogP contribution in [0, 0.1) is 0 Å². The van der Waals surface area contributed by atoms with E-state index in [1.54, 1.807) is 5.38 Å². The molecule has 1 amide bonds. The van der Waals surface area contributed by atoms with E-state index in [9.17, 15) is 18.9 Å². The number of nitrogens with zero attached hydrogens (tertiary/aromatic N) is 1. The maximum Gasteiger partial charge on any atom is 0.308 e. The van der Waals surface area contributed by atoms with Crippen molar-refractivity contribution < 1.29 is 28.4 Å². The van der Waals surface area contributed by atoms with Crippen molar-refractivity contribution in [1.29, 1.82) is 0 Å². The largest absolute Gasteiger partial charge is 0.610 e. The fourth-order valence-electron chi connectivity index (χ4n) is 1.79. The summed E-state index contributed by atoms with van der Waals surface area (Å²) in [6, 6.07) is 4.29. The first-order chi connectivity index (χ1) is 11.8. The van der Waals surface area contributed by atoms with Crippen LogP contribution >= 0.6 is 11.3 Å². The monoisotopic (exact) mass is 382 g/mol. The zero-order chi connectivity index (χ0) is 18.6. The van der Waals surface area contributed by atoms with E-state index in [4.69, 9.17) is 9.47 Å². The Morgan fingerprint density at radius 2 is 1.88 bits per heavy atom. The van der Waals surface area contributed by atoms with E-state index in [0.29, 0.717) is 5.03 Å². The van der Waals surface area contributed by atoms with Crippen LogP contribution in [0.2, 0.25) is 0 Å². The Bertz CT molecular complexity index is 818. The number of hydrogen-bond donors (Lipinski definition) is 1. The third-order valence-corrected chi connectivity index (χ3v) is 4.43. The Labute approximate surface area is 150 Å². The molecule has 0 saturated carbocycles. The second-order valence-corrected chi connectivity index (χ2v) is 6.90. The van der Waals surface area contributed by atoms with Crippen LogP contribution in [0.15, 0.2) is 28.6 Å². The van der Waals surface area contributed by atoms with Crippen molar-refractivity contribution in [2.45, 2.75) is 18.9 Å². The third kappa shape index (κ3) is 5.02. The summed E-state index contributed by atoms with van der Waals surface area (Å²) in [5.74, 6) is -2.14. The molecule has 0 aliphatic heterocycles. The molecule has 1 unspecified atom stereocenters. The highest BCUT2D eigenvalue weighted by molar-refractivity contribution is 7.90. The van der Waals surface area contributed by atoms with Gasteiger partial charge in [0.05, 0.1) is 10.9 Å². The molecular formula is C15H14N2O6S2. The van der Waals surface area contributed by atoms with Gasteiger partial charge in [0.2, 0.25) is 0 Å². The lowest BCUT2D eigenvalue weighted by molar-refractivity contribution is -0.134. The minimum atomic E-state index is -1.27. The summed E-state index contributed by atoms with van der Waals surface area (Å²) in [4.78, 5) is 39.0. The van der Waals surface area contributed by atoms with Crippen LogP contribution < -0.4 is 14.8 Å². The predicted octanol–water partition coefficient (Wildman–Crippen LogP) is 1.98. The van der Waals surface area contributed by atoms with Gasteiger partial charge in [-0.15, -0.1) is 0 Å². The van der Waals surface area contributed by atoms with Crippen molar-refractivity contribution >= 4 is 45.5 Å². The lowest BCUT2D eigenvalue weighted by atomic mass is 10.1. The molecule has 25 heavy (non-hydrogen) atoms. The smallest absolute Gasteiger partial charge is 0.308 e. The molecule has 0 saturated heterocycles. The summed E-state index contributed by atoms with van der Waals surface area (Å²) in [5, 5.41) is 4.67. The highest BCUT2D eigenvalue weighted by atomic mass is 32.2. The van der Waals surface area contributed by atoms with Crippen LogP contribution in [0.5, 0.6) is 11.5 Å². The number of para-hydroxylation sites is 1. The second-order valence-electron chi connectivity index (χ2n) is 4.72. The van der Waals surface area contributed by atoms with Crippen molar-refractivity contribution in [3.05, 3.63) is 29.1 Å². The van der Waals surface area contributed by atoms with Gasteiger partial charge in [-0.1, -0.05) is 17.4 Å². The minimum absolute atomic E-state index is 0.0108. The number of carbonyl (C=O) groups excluding carboxylic acids is 3. The van der Waals surface area contributed by atoms with Crippen LogP contribution in [0.1, 0.15) is 24.2 Å². The molecule has 0 aliphatic carbocycles. The molecule has 10 heteroatoms. The van der Waals surface area contributed by atoms with Crippen LogP contribution in [0.3, 0.4) is 0 Å². The van der Waals surface area contributed by atoms with Crippen molar-refractivity contribution in [2.75, 3.05) is 11.6 Å². The van der Waals surface area contributed by atoms with Gasteiger partial charge in [0.15, 0.2) is 16.6 Å². The Kier molecular flexibility index (Phi) is 6.12. The summed E-state index contributed by atoms with van der Waals surface area (Å²) < 4.78 is 21.4. The second kappa shape index (κ2) is 8.10. The number of amides is 1. The van der Waals surface area contributed by atoms with Crippen molar-refractivity contribution in [3.63, 3.8) is 0 Å². The van der Waals surface area contributed by atoms with Crippen molar-refractivity contribution in [1.82, 2.24) is 4.98 Å². The Hall–Kier alpha value is -2.43. The number of nitrogens with one attached hydrogen (secondary N) is 1. The zero-order valence-corrected chi connectivity index (χ0v) is 15.2. The highest BCUT2D eigenvalue weighted by Crippen LogP contribution is 2.32. The molecule has 8 nitrogen and oxygen atoms in total. The molecular weight excluding hydrogens is 368 g/mol. The summed E-state index contributed by atoms with van der Waals surface area (Å²) in [6.07, 6.45) is 1.47. The van der Waals surface area contributed by atoms with E-state index in [2.05, 4.69) is 10.3 Å². The van der Waals surface area contributed by atoms with E-state index in [1.807, 2.05) is 0 Å². The topological polar surface area (TPSA) is 118 Å². The van der Waals surface area contributed by atoms with E-state index < -0.39 is 29.0 Å². The average Bonchev–Trinajstić information content (AvgIpc) is 2.96. The summed E-state index contributed by atoms with van der Waals surface area (Å²) >= 11 is -0.163. The Morgan fingerprint density at radius 1 is 1.20 bits per heavy atom. The lowest BCUT2D eigenvalue weighted by Crippen LogP contribution is -2.16. The first-order valence-corrected chi connectivity index (χ1v) is 9.32. The average molecular weight is 382 g/mol. The number of ether oxygens (including phenoxy) is 2. The summed E-state index contributed by atoms with van der Waals surface area (Å²) in [6.45, 7) is 2.35. The number of rotatable bonds is 5. The standard InChI is InChI=1S/C15H14N2O6S2/c1-8(18)22-11-6-4-5-10(13(11)23-9(2)19)14(20)17-15-16-12(7-24-15)25(3)21/h4-7H,1-3H3,(H,16,17,20). The molecule has 0 fully saturated rings. The number of aromatic nitrogens is 1.